The fourth-order valence-corrected chi connectivity index (χ4v) is 3.99. The van der Waals surface area contributed by atoms with Gasteiger partial charge in [0, 0.05) is 31.1 Å². The number of aromatic nitrogens is 2. The summed E-state index contributed by atoms with van der Waals surface area (Å²) in [5.74, 6) is -0.196. The van der Waals surface area contributed by atoms with Crippen LogP contribution in [0.3, 0.4) is 0 Å². The highest BCUT2D eigenvalue weighted by atomic mass is 16.2. The van der Waals surface area contributed by atoms with E-state index in [0.717, 1.165) is 30.6 Å². The van der Waals surface area contributed by atoms with Gasteiger partial charge in [-0.25, -0.2) is 4.68 Å². The van der Waals surface area contributed by atoms with Gasteiger partial charge in [-0.05, 0) is 37.5 Å². The molecule has 6 heteroatoms. The van der Waals surface area contributed by atoms with E-state index in [0.29, 0.717) is 11.9 Å². The highest BCUT2D eigenvalue weighted by molar-refractivity contribution is 5.83. The summed E-state index contributed by atoms with van der Waals surface area (Å²) in [4.78, 5) is 27.5. The van der Waals surface area contributed by atoms with Gasteiger partial charge < -0.3 is 5.32 Å². The van der Waals surface area contributed by atoms with Gasteiger partial charge in [-0.15, -0.1) is 0 Å². The van der Waals surface area contributed by atoms with Gasteiger partial charge in [0.15, 0.2) is 0 Å². The van der Waals surface area contributed by atoms with Gasteiger partial charge in [0.1, 0.15) is 6.54 Å². The minimum atomic E-state index is -0.234. The van der Waals surface area contributed by atoms with E-state index in [2.05, 4.69) is 46.5 Å². The third-order valence-corrected chi connectivity index (χ3v) is 5.72. The molecule has 4 rings (SSSR count). The molecule has 1 aliphatic rings. The molecule has 29 heavy (non-hydrogen) atoms. The fraction of sp³-hybridized carbons (Fsp3) is 0.348. The monoisotopic (exact) mass is 390 g/mol. The van der Waals surface area contributed by atoms with Gasteiger partial charge in [-0.2, -0.15) is 5.10 Å². The van der Waals surface area contributed by atoms with E-state index in [4.69, 9.17) is 0 Å². The summed E-state index contributed by atoms with van der Waals surface area (Å²) in [6, 6.07) is 16.1. The maximum atomic E-state index is 12.6. The average Bonchev–Trinajstić information content (AvgIpc) is 2.75. The standard InChI is InChI=1S/C23H26N4O2/c1-16(26-12-11-18-7-3-4-8-19(18)14-26)13-24-22(28)15-27-23(29)21-10-6-5-9-20(21)17(2)25-27/h3-10,16H,11-15H2,1-2H3,(H,24,28). The van der Waals surface area contributed by atoms with Gasteiger partial charge in [0.2, 0.25) is 5.91 Å². The van der Waals surface area contributed by atoms with Crippen LogP contribution in [0.4, 0.5) is 0 Å². The fourth-order valence-electron chi connectivity index (χ4n) is 3.99. The van der Waals surface area contributed by atoms with Gasteiger partial charge in [-0.1, -0.05) is 42.5 Å². The molecular formula is C23H26N4O2. The first-order valence-corrected chi connectivity index (χ1v) is 10.1. The quantitative estimate of drug-likeness (QED) is 0.726. The molecule has 1 unspecified atom stereocenters. The lowest BCUT2D eigenvalue weighted by atomic mass is 9.99. The number of aryl methyl sites for hydroxylation is 1. The number of hydrogen-bond acceptors (Lipinski definition) is 4. The van der Waals surface area contributed by atoms with Crippen molar-refractivity contribution in [1.29, 1.82) is 0 Å². The smallest absolute Gasteiger partial charge is 0.275 e. The predicted octanol–water partition coefficient (Wildman–Crippen LogP) is 2.27. The molecule has 1 aromatic heterocycles. The predicted molar refractivity (Wildman–Crippen MR) is 114 cm³/mol. The van der Waals surface area contributed by atoms with E-state index in [1.165, 1.54) is 15.8 Å². The van der Waals surface area contributed by atoms with Crippen LogP contribution < -0.4 is 10.9 Å². The molecule has 0 fully saturated rings. The van der Waals surface area contributed by atoms with Crippen LogP contribution in [0.5, 0.6) is 0 Å². The van der Waals surface area contributed by atoms with Gasteiger partial charge in [-0.3, -0.25) is 14.5 Å². The first-order chi connectivity index (χ1) is 14.0. The van der Waals surface area contributed by atoms with E-state index < -0.39 is 0 Å². The van der Waals surface area contributed by atoms with Crippen LogP contribution in [-0.4, -0.2) is 39.7 Å². The normalized spacial score (nSPS) is 15.1. The molecule has 1 aliphatic heterocycles. The van der Waals surface area contributed by atoms with Crippen molar-refractivity contribution in [3.05, 3.63) is 75.7 Å². The minimum Gasteiger partial charge on any atom is -0.353 e. The molecular weight excluding hydrogens is 364 g/mol. The lowest BCUT2D eigenvalue weighted by molar-refractivity contribution is -0.122. The van der Waals surface area contributed by atoms with E-state index in [9.17, 15) is 9.59 Å². The highest BCUT2D eigenvalue weighted by Crippen LogP contribution is 2.20. The zero-order chi connectivity index (χ0) is 20.4. The summed E-state index contributed by atoms with van der Waals surface area (Å²) in [6.07, 6.45) is 1.03. The third-order valence-electron chi connectivity index (χ3n) is 5.72. The van der Waals surface area contributed by atoms with Gasteiger partial charge >= 0.3 is 0 Å². The van der Waals surface area contributed by atoms with E-state index in [1.54, 1.807) is 6.07 Å². The number of fused-ring (bicyclic) bond motifs is 2. The molecule has 0 bridgehead atoms. The Morgan fingerprint density at radius 2 is 1.79 bits per heavy atom. The molecule has 0 spiro atoms. The average molecular weight is 390 g/mol. The summed E-state index contributed by atoms with van der Waals surface area (Å²) in [5, 5.41) is 8.70. The number of carbonyl (C=O) groups excluding carboxylic acids is 1. The molecule has 0 aliphatic carbocycles. The van der Waals surface area contributed by atoms with Crippen LogP contribution in [0, 0.1) is 6.92 Å². The summed E-state index contributed by atoms with van der Waals surface area (Å²) in [5.41, 5.74) is 3.28. The number of carbonyl (C=O) groups is 1. The first kappa shape index (κ1) is 19.3. The second-order valence-electron chi connectivity index (χ2n) is 7.74. The molecule has 2 heterocycles. The molecule has 2 aromatic carbocycles. The van der Waals surface area contributed by atoms with Crippen molar-refractivity contribution in [3.63, 3.8) is 0 Å². The van der Waals surface area contributed by atoms with Crippen molar-refractivity contribution < 1.29 is 4.79 Å². The molecule has 0 saturated heterocycles. The van der Waals surface area contributed by atoms with Crippen LogP contribution in [-0.2, 0) is 24.3 Å². The molecule has 6 nitrogen and oxygen atoms in total. The zero-order valence-electron chi connectivity index (χ0n) is 16.9. The molecule has 0 saturated carbocycles. The maximum absolute atomic E-state index is 12.6. The molecule has 1 N–H and O–H groups in total. The summed E-state index contributed by atoms with van der Waals surface area (Å²) in [7, 11) is 0. The van der Waals surface area contributed by atoms with E-state index >= 15 is 0 Å². The SMILES string of the molecule is Cc1nn(CC(=O)NCC(C)N2CCc3ccccc3C2)c(=O)c2ccccc12. The van der Waals surface area contributed by atoms with Crippen molar-refractivity contribution in [1.82, 2.24) is 20.0 Å². The number of nitrogens with one attached hydrogen (secondary N) is 1. The van der Waals surface area contributed by atoms with Crippen molar-refractivity contribution in [2.75, 3.05) is 13.1 Å². The number of hydrogen-bond donors (Lipinski definition) is 1. The first-order valence-electron chi connectivity index (χ1n) is 10.1. The van der Waals surface area contributed by atoms with Crippen molar-refractivity contribution in [2.45, 2.75) is 39.4 Å². The van der Waals surface area contributed by atoms with Gasteiger partial charge in [0.25, 0.3) is 5.56 Å². The Bertz CT molecular complexity index is 1110. The van der Waals surface area contributed by atoms with Crippen LogP contribution in [0.15, 0.2) is 53.3 Å². The molecule has 1 amide bonds. The Kier molecular flexibility index (Phi) is 5.45. The summed E-state index contributed by atoms with van der Waals surface area (Å²) >= 11 is 0. The topological polar surface area (TPSA) is 67.2 Å². The largest absolute Gasteiger partial charge is 0.353 e. The summed E-state index contributed by atoms with van der Waals surface area (Å²) in [6.45, 7) is 6.34. The molecule has 150 valence electrons. The zero-order valence-corrected chi connectivity index (χ0v) is 16.9. The Morgan fingerprint density at radius 1 is 1.10 bits per heavy atom. The number of nitrogens with zero attached hydrogens (tertiary/aromatic N) is 3. The van der Waals surface area contributed by atoms with Crippen molar-refractivity contribution >= 4 is 16.7 Å². The second kappa shape index (κ2) is 8.17. The van der Waals surface area contributed by atoms with Gasteiger partial charge in [0.05, 0.1) is 11.1 Å². The molecule has 3 aromatic rings. The number of benzene rings is 2. The van der Waals surface area contributed by atoms with E-state index in [1.807, 2.05) is 25.1 Å². The highest BCUT2D eigenvalue weighted by Gasteiger charge is 2.21. The van der Waals surface area contributed by atoms with Crippen LogP contribution in [0.1, 0.15) is 23.7 Å². The number of amides is 1. The van der Waals surface area contributed by atoms with Crippen molar-refractivity contribution in [3.8, 4) is 0 Å². The van der Waals surface area contributed by atoms with Crippen LogP contribution in [0.25, 0.3) is 10.8 Å². The van der Waals surface area contributed by atoms with Crippen LogP contribution >= 0.6 is 0 Å². The Labute approximate surface area is 170 Å². The Hall–Kier alpha value is -2.99. The lowest BCUT2D eigenvalue weighted by Gasteiger charge is -2.33. The Morgan fingerprint density at radius 3 is 2.59 bits per heavy atom. The second-order valence-corrected chi connectivity index (χ2v) is 7.74. The lowest BCUT2D eigenvalue weighted by Crippen LogP contribution is -2.45. The molecule has 0 radical (unpaired) electrons. The number of rotatable bonds is 5. The maximum Gasteiger partial charge on any atom is 0.275 e. The summed E-state index contributed by atoms with van der Waals surface area (Å²) < 4.78 is 1.26. The van der Waals surface area contributed by atoms with Crippen LogP contribution in [0.2, 0.25) is 0 Å². The Balaban J connectivity index is 1.38. The van der Waals surface area contributed by atoms with Crippen molar-refractivity contribution in [2.24, 2.45) is 0 Å². The minimum absolute atomic E-state index is 0.0694. The molecule has 1 atom stereocenters. The third kappa shape index (κ3) is 4.07. The van der Waals surface area contributed by atoms with E-state index in [-0.39, 0.29) is 24.1 Å².